The average molecular weight is 561 g/mol. The van der Waals surface area contributed by atoms with Gasteiger partial charge in [0.1, 0.15) is 5.56 Å². The van der Waals surface area contributed by atoms with Crippen LogP contribution in [-0.4, -0.2) is 57.1 Å². The van der Waals surface area contributed by atoms with Gasteiger partial charge in [0.05, 0.1) is 35.3 Å². The van der Waals surface area contributed by atoms with E-state index in [-0.39, 0.29) is 24.3 Å². The Balaban J connectivity index is 1.34. The molecule has 0 unspecified atom stereocenters. The molecule has 3 heterocycles. The molecule has 0 bridgehead atoms. The number of carbonyl (C=O) groups excluding carboxylic acids is 1. The number of rotatable bonds is 7. The van der Waals surface area contributed by atoms with Crippen LogP contribution < -0.4 is 0 Å². The zero-order valence-corrected chi connectivity index (χ0v) is 23.6. The molecule has 1 saturated carbocycles. The van der Waals surface area contributed by atoms with E-state index in [1.54, 1.807) is 32.0 Å². The maximum Gasteiger partial charge on any atom is 0.341 e. The first-order valence-corrected chi connectivity index (χ1v) is 14.9. The van der Waals surface area contributed by atoms with Crippen molar-refractivity contribution in [3.63, 3.8) is 0 Å². The van der Waals surface area contributed by atoms with E-state index in [1.165, 1.54) is 7.11 Å². The van der Waals surface area contributed by atoms with Gasteiger partial charge in [-0.1, -0.05) is 48.9 Å². The first-order chi connectivity index (χ1) is 19.3. The van der Waals surface area contributed by atoms with Gasteiger partial charge < -0.3 is 4.74 Å². The number of aromatic nitrogens is 5. The van der Waals surface area contributed by atoms with Crippen molar-refractivity contribution in [2.75, 3.05) is 13.7 Å². The van der Waals surface area contributed by atoms with Crippen molar-refractivity contribution in [3.8, 4) is 5.69 Å². The second kappa shape index (κ2) is 10.3. The van der Waals surface area contributed by atoms with Crippen LogP contribution in [0.25, 0.3) is 5.69 Å². The summed E-state index contributed by atoms with van der Waals surface area (Å²) >= 11 is 0. The molecule has 0 amide bonds. The molecule has 0 radical (unpaired) electrons. The van der Waals surface area contributed by atoms with Crippen LogP contribution in [-0.2, 0) is 34.8 Å². The van der Waals surface area contributed by atoms with Gasteiger partial charge >= 0.3 is 5.97 Å². The first kappa shape index (κ1) is 26.4. The molecule has 208 valence electrons. The normalized spacial score (nSPS) is 21.9. The third-order valence-corrected chi connectivity index (χ3v) is 9.92. The van der Waals surface area contributed by atoms with Gasteiger partial charge in [0.15, 0.2) is 0 Å². The summed E-state index contributed by atoms with van der Waals surface area (Å²) in [7, 11) is -0.471. The second-order valence-electron chi connectivity index (χ2n) is 10.7. The van der Waals surface area contributed by atoms with E-state index in [0.717, 1.165) is 47.5 Å². The lowest BCUT2D eigenvalue weighted by Gasteiger charge is -2.23. The molecule has 1 aliphatic heterocycles. The standard InChI is InChI=1S/C29H32N6O4S/c1-4-19-12-21-9-5-6-11-27(21)40(37,38)34(16-19)17-20-8-7-10-22(13-20)35-28(25(15-30-35)29(36)39-3)24-14-23(24)26-18-33(2)32-31-26/h5-11,13,15,18-19,23-24H,4,12,14,16-17H2,1-3H3/t19-,23+,24+/m0/s1. The molecule has 2 aliphatic rings. The monoisotopic (exact) mass is 560 g/mol. The molecular weight excluding hydrogens is 528 g/mol. The molecule has 10 nitrogen and oxygen atoms in total. The highest BCUT2D eigenvalue weighted by atomic mass is 32.2. The summed E-state index contributed by atoms with van der Waals surface area (Å²) in [5.41, 5.74) is 4.54. The molecule has 4 aromatic rings. The van der Waals surface area contributed by atoms with E-state index in [1.807, 2.05) is 49.6 Å². The third-order valence-electron chi connectivity index (χ3n) is 8.01. The number of ether oxygens (including phenoxy) is 1. The molecule has 40 heavy (non-hydrogen) atoms. The zero-order chi connectivity index (χ0) is 28.0. The Morgan fingerprint density at radius 3 is 2.70 bits per heavy atom. The van der Waals surface area contributed by atoms with Gasteiger partial charge in [0.2, 0.25) is 10.0 Å². The van der Waals surface area contributed by atoms with Gasteiger partial charge in [-0.25, -0.2) is 17.9 Å². The number of hydrogen-bond acceptors (Lipinski definition) is 7. The average Bonchev–Trinajstić information content (AvgIpc) is 3.44. The summed E-state index contributed by atoms with van der Waals surface area (Å²) in [5.74, 6) is -0.0502. The van der Waals surface area contributed by atoms with Crippen LogP contribution in [0.1, 0.15) is 64.5 Å². The number of aryl methyl sites for hydroxylation is 1. The maximum absolute atomic E-state index is 13.7. The second-order valence-corrected chi connectivity index (χ2v) is 12.6. The third kappa shape index (κ3) is 4.73. The fourth-order valence-corrected chi connectivity index (χ4v) is 7.52. The number of carbonyl (C=O) groups is 1. The Bertz CT molecular complexity index is 1680. The van der Waals surface area contributed by atoms with Gasteiger partial charge in [-0.05, 0) is 48.1 Å². The Labute approximate surface area is 233 Å². The minimum Gasteiger partial charge on any atom is -0.465 e. The van der Waals surface area contributed by atoms with Crippen molar-refractivity contribution in [1.82, 2.24) is 29.1 Å². The highest BCUT2D eigenvalue weighted by molar-refractivity contribution is 7.89. The van der Waals surface area contributed by atoms with E-state index < -0.39 is 16.0 Å². The summed E-state index contributed by atoms with van der Waals surface area (Å²) in [6.45, 7) is 2.81. The number of hydrogen-bond donors (Lipinski definition) is 0. The Hall–Kier alpha value is -3.83. The number of benzene rings is 2. The summed E-state index contributed by atoms with van der Waals surface area (Å²) in [4.78, 5) is 13.1. The van der Waals surface area contributed by atoms with E-state index >= 15 is 0 Å². The number of nitrogens with zero attached hydrogens (tertiary/aromatic N) is 6. The predicted octanol–water partition coefficient (Wildman–Crippen LogP) is 3.83. The molecule has 1 fully saturated rings. The molecule has 0 saturated heterocycles. The number of esters is 1. The number of fused-ring (bicyclic) bond motifs is 1. The van der Waals surface area contributed by atoms with Gasteiger partial charge in [-0.15, -0.1) is 5.10 Å². The predicted molar refractivity (Wildman–Crippen MR) is 148 cm³/mol. The minimum absolute atomic E-state index is 0.0322. The molecule has 1 aliphatic carbocycles. The number of methoxy groups -OCH3 is 1. The molecule has 0 N–H and O–H groups in total. The van der Waals surface area contributed by atoms with Crippen LogP contribution >= 0.6 is 0 Å². The van der Waals surface area contributed by atoms with Crippen molar-refractivity contribution in [2.45, 2.75) is 49.5 Å². The lowest BCUT2D eigenvalue weighted by molar-refractivity contribution is 0.0599. The summed E-state index contributed by atoms with van der Waals surface area (Å²) in [5, 5.41) is 12.9. The minimum atomic E-state index is -3.66. The van der Waals surface area contributed by atoms with Crippen molar-refractivity contribution in [1.29, 1.82) is 0 Å². The number of sulfonamides is 1. The topological polar surface area (TPSA) is 112 Å². The highest BCUT2D eigenvalue weighted by Crippen LogP contribution is 2.55. The Kier molecular flexibility index (Phi) is 6.79. The quantitative estimate of drug-likeness (QED) is 0.316. The Morgan fingerprint density at radius 2 is 1.95 bits per heavy atom. The molecule has 3 atom stereocenters. The summed E-state index contributed by atoms with van der Waals surface area (Å²) in [6, 6.07) is 15.0. The molecule has 0 spiro atoms. The molecule has 2 aromatic heterocycles. The summed E-state index contributed by atoms with van der Waals surface area (Å²) < 4.78 is 37.6. The van der Waals surface area contributed by atoms with E-state index in [9.17, 15) is 13.2 Å². The van der Waals surface area contributed by atoms with Crippen molar-refractivity contribution >= 4 is 16.0 Å². The molecule has 6 rings (SSSR count). The van der Waals surface area contributed by atoms with Gasteiger partial charge in [-0.3, -0.25) is 4.68 Å². The van der Waals surface area contributed by atoms with Gasteiger partial charge in [0.25, 0.3) is 0 Å². The largest absolute Gasteiger partial charge is 0.465 e. The van der Waals surface area contributed by atoms with E-state index in [4.69, 9.17) is 4.74 Å². The fraction of sp³-hybridized carbons (Fsp3) is 0.379. The molecular formula is C29H32N6O4S. The lowest BCUT2D eigenvalue weighted by Crippen LogP contribution is -2.33. The van der Waals surface area contributed by atoms with Crippen LogP contribution in [0.15, 0.2) is 65.8 Å². The van der Waals surface area contributed by atoms with Gasteiger partial charge in [-0.2, -0.15) is 9.40 Å². The first-order valence-electron chi connectivity index (χ1n) is 13.5. The summed E-state index contributed by atoms with van der Waals surface area (Å²) in [6.07, 6.45) is 5.89. The van der Waals surface area contributed by atoms with Crippen LogP contribution in [0.4, 0.5) is 0 Å². The van der Waals surface area contributed by atoms with Crippen molar-refractivity contribution in [2.24, 2.45) is 13.0 Å². The Morgan fingerprint density at radius 1 is 1.12 bits per heavy atom. The van der Waals surface area contributed by atoms with Crippen LogP contribution in [0.5, 0.6) is 0 Å². The van der Waals surface area contributed by atoms with Crippen molar-refractivity contribution < 1.29 is 17.9 Å². The highest BCUT2D eigenvalue weighted by Gasteiger charge is 2.46. The van der Waals surface area contributed by atoms with Gasteiger partial charge in [0, 0.05) is 38.2 Å². The molecule has 2 aromatic carbocycles. The van der Waals surface area contributed by atoms with Crippen LogP contribution in [0.3, 0.4) is 0 Å². The van der Waals surface area contributed by atoms with Crippen molar-refractivity contribution in [3.05, 3.63) is 89.0 Å². The molecule has 11 heteroatoms. The lowest BCUT2D eigenvalue weighted by atomic mass is 9.97. The maximum atomic E-state index is 13.7. The SMILES string of the molecule is CC[C@H]1Cc2ccccc2S(=O)(=O)N(Cc2cccc(-n3ncc(C(=O)OC)c3[C@@H]3C[C@H]3c3cn(C)nn3)c2)C1. The zero-order valence-electron chi connectivity index (χ0n) is 22.8. The smallest absolute Gasteiger partial charge is 0.341 e. The van der Waals surface area contributed by atoms with E-state index in [0.29, 0.717) is 17.0 Å². The van der Waals surface area contributed by atoms with Crippen LogP contribution in [0.2, 0.25) is 0 Å². The fourth-order valence-electron chi connectivity index (χ4n) is 5.78. The van der Waals surface area contributed by atoms with E-state index in [2.05, 4.69) is 22.3 Å². The van der Waals surface area contributed by atoms with Crippen LogP contribution in [0, 0.1) is 5.92 Å².